The normalized spacial score (nSPS) is 15.1. The molecule has 0 saturated carbocycles. The highest BCUT2D eigenvalue weighted by Gasteiger charge is 2.19. The lowest BCUT2D eigenvalue weighted by molar-refractivity contribution is 0.0934. The molecule has 6 nitrogen and oxygen atoms in total. The van der Waals surface area contributed by atoms with Gasteiger partial charge in [-0.2, -0.15) is 0 Å². The summed E-state index contributed by atoms with van der Waals surface area (Å²) in [6, 6.07) is 23.9. The molecule has 0 aliphatic carbocycles. The van der Waals surface area contributed by atoms with Gasteiger partial charge in [0.15, 0.2) is 11.5 Å². The Kier molecular flexibility index (Phi) is 5.70. The minimum absolute atomic E-state index is 0.0868. The second kappa shape index (κ2) is 8.73. The van der Waals surface area contributed by atoms with Gasteiger partial charge >= 0.3 is 0 Å². The fraction of sp³-hybridized carbons (Fsp3) is 0.261. The first-order valence-corrected chi connectivity index (χ1v) is 9.95. The molecule has 1 saturated heterocycles. The largest absolute Gasteiger partial charge is 0.368 e. The Bertz CT molecular complexity index is 923. The Morgan fingerprint density at radius 2 is 1.45 bits per heavy atom. The van der Waals surface area contributed by atoms with Crippen molar-refractivity contribution in [3.8, 4) is 0 Å². The lowest BCUT2D eigenvalue weighted by Crippen LogP contribution is -2.46. The van der Waals surface area contributed by atoms with Crippen molar-refractivity contribution in [2.75, 3.05) is 36.0 Å². The number of amides is 1. The molecular formula is C23H25N5O. The maximum Gasteiger partial charge on any atom is 0.272 e. The first kappa shape index (κ1) is 18.9. The molecule has 1 unspecified atom stereocenters. The molecule has 1 aromatic heterocycles. The number of para-hydroxylation sites is 1. The molecular weight excluding hydrogens is 362 g/mol. The predicted molar refractivity (Wildman–Crippen MR) is 115 cm³/mol. The molecule has 1 aliphatic heterocycles. The number of nitrogens with zero attached hydrogens (tertiary/aromatic N) is 4. The van der Waals surface area contributed by atoms with Gasteiger partial charge in [0.25, 0.3) is 5.91 Å². The van der Waals surface area contributed by atoms with Crippen LogP contribution in [0.2, 0.25) is 0 Å². The summed E-state index contributed by atoms with van der Waals surface area (Å²) in [7, 11) is 0. The first-order valence-electron chi connectivity index (χ1n) is 9.95. The maximum atomic E-state index is 12.5. The number of aromatic nitrogens is 2. The van der Waals surface area contributed by atoms with E-state index in [1.807, 2.05) is 49.4 Å². The fourth-order valence-electron chi connectivity index (χ4n) is 3.54. The summed E-state index contributed by atoms with van der Waals surface area (Å²) in [5.41, 5.74) is 2.64. The van der Waals surface area contributed by atoms with Crippen LogP contribution in [0.5, 0.6) is 0 Å². The number of hydrogen-bond donors (Lipinski definition) is 1. The van der Waals surface area contributed by atoms with Gasteiger partial charge < -0.3 is 15.1 Å². The molecule has 4 rings (SSSR count). The molecule has 0 radical (unpaired) electrons. The van der Waals surface area contributed by atoms with E-state index >= 15 is 0 Å². The van der Waals surface area contributed by atoms with Crippen LogP contribution in [0.1, 0.15) is 29.0 Å². The number of piperazine rings is 1. The monoisotopic (exact) mass is 387 g/mol. The summed E-state index contributed by atoms with van der Waals surface area (Å²) in [5, 5.41) is 11.4. The molecule has 1 N–H and O–H groups in total. The zero-order valence-electron chi connectivity index (χ0n) is 16.5. The van der Waals surface area contributed by atoms with Gasteiger partial charge in [-0.25, -0.2) is 0 Å². The Balaban J connectivity index is 1.34. The number of rotatable bonds is 5. The Hall–Kier alpha value is -3.41. The van der Waals surface area contributed by atoms with Crippen LogP contribution in [0.3, 0.4) is 0 Å². The maximum absolute atomic E-state index is 12.5. The average molecular weight is 387 g/mol. The van der Waals surface area contributed by atoms with Gasteiger partial charge in [0.2, 0.25) is 0 Å². The molecule has 0 spiro atoms. The quantitative estimate of drug-likeness (QED) is 0.728. The number of benzene rings is 2. The smallest absolute Gasteiger partial charge is 0.272 e. The average Bonchev–Trinajstić information content (AvgIpc) is 2.80. The Morgan fingerprint density at radius 1 is 0.828 bits per heavy atom. The van der Waals surface area contributed by atoms with Crippen molar-refractivity contribution >= 4 is 17.4 Å². The van der Waals surface area contributed by atoms with E-state index in [-0.39, 0.29) is 11.9 Å². The third-order valence-corrected chi connectivity index (χ3v) is 5.26. The zero-order chi connectivity index (χ0) is 20.1. The van der Waals surface area contributed by atoms with E-state index in [4.69, 9.17) is 0 Å². The van der Waals surface area contributed by atoms with Crippen LogP contribution in [0.15, 0.2) is 72.8 Å². The summed E-state index contributed by atoms with van der Waals surface area (Å²) in [5.74, 6) is 0.597. The summed E-state index contributed by atoms with van der Waals surface area (Å²) in [6.07, 6.45) is 0. The van der Waals surface area contributed by atoms with E-state index in [0.717, 1.165) is 37.6 Å². The van der Waals surface area contributed by atoms with Gasteiger partial charge in [0.1, 0.15) is 0 Å². The highest BCUT2D eigenvalue weighted by molar-refractivity contribution is 5.92. The van der Waals surface area contributed by atoms with Gasteiger partial charge in [-0.1, -0.05) is 48.5 Å². The van der Waals surface area contributed by atoms with Gasteiger partial charge in [-0.05, 0) is 36.8 Å². The second-order valence-electron chi connectivity index (χ2n) is 7.19. The highest BCUT2D eigenvalue weighted by Crippen LogP contribution is 2.19. The van der Waals surface area contributed by atoms with Crippen LogP contribution in [0.4, 0.5) is 11.5 Å². The molecule has 1 fully saturated rings. The van der Waals surface area contributed by atoms with Crippen molar-refractivity contribution in [1.82, 2.24) is 15.5 Å². The Morgan fingerprint density at radius 3 is 2.07 bits per heavy atom. The van der Waals surface area contributed by atoms with Crippen molar-refractivity contribution in [3.63, 3.8) is 0 Å². The minimum Gasteiger partial charge on any atom is -0.368 e. The van der Waals surface area contributed by atoms with Crippen LogP contribution in [-0.2, 0) is 0 Å². The molecule has 2 aromatic carbocycles. The molecule has 6 heteroatoms. The minimum atomic E-state index is -0.214. The van der Waals surface area contributed by atoms with Crippen molar-refractivity contribution in [2.24, 2.45) is 0 Å². The topological polar surface area (TPSA) is 61.4 Å². The number of carbonyl (C=O) groups is 1. The van der Waals surface area contributed by atoms with Crippen molar-refractivity contribution in [1.29, 1.82) is 0 Å². The lowest BCUT2D eigenvalue weighted by atomic mass is 10.1. The van der Waals surface area contributed by atoms with Crippen LogP contribution in [0, 0.1) is 0 Å². The summed E-state index contributed by atoms with van der Waals surface area (Å²) >= 11 is 0. The summed E-state index contributed by atoms with van der Waals surface area (Å²) < 4.78 is 0. The molecule has 2 heterocycles. The van der Waals surface area contributed by atoms with Crippen molar-refractivity contribution < 1.29 is 4.79 Å². The van der Waals surface area contributed by atoms with Gasteiger partial charge in [-0.15, -0.1) is 10.2 Å². The van der Waals surface area contributed by atoms with Gasteiger partial charge in [-0.3, -0.25) is 4.79 Å². The fourth-order valence-corrected chi connectivity index (χ4v) is 3.54. The van der Waals surface area contributed by atoms with E-state index in [0.29, 0.717) is 5.69 Å². The Labute approximate surface area is 171 Å². The van der Waals surface area contributed by atoms with Crippen LogP contribution in [-0.4, -0.2) is 42.3 Å². The lowest BCUT2D eigenvalue weighted by Gasteiger charge is -2.36. The second-order valence-corrected chi connectivity index (χ2v) is 7.19. The molecule has 148 valence electrons. The van der Waals surface area contributed by atoms with E-state index in [1.54, 1.807) is 6.07 Å². The molecule has 1 atom stereocenters. The van der Waals surface area contributed by atoms with E-state index in [1.165, 1.54) is 5.69 Å². The van der Waals surface area contributed by atoms with Gasteiger partial charge in [0.05, 0.1) is 6.04 Å². The molecule has 1 aliphatic rings. The van der Waals surface area contributed by atoms with E-state index in [9.17, 15) is 4.79 Å². The third-order valence-electron chi connectivity index (χ3n) is 5.26. The molecule has 29 heavy (non-hydrogen) atoms. The molecule has 3 aromatic rings. The SMILES string of the molecule is CC(NC(=O)c1ccc(N2CCN(c3ccccc3)CC2)nn1)c1ccccc1. The molecule has 1 amide bonds. The predicted octanol–water partition coefficient (Wildman–Crippen LogP) is 3.29. The van der Waals surface area contributed by atoms with Gasteiger partial charge in [0, 0.05) is 31.9 Å². The van der Waals surface area contributed by atoms with Crippen molar-refractivity contribution in [3.05, 3.63) is 84.1 Å². The number of anilines is 2. The zero-order valence-corrected chi connectivity index (χ0v) is 16.5. The van der Waals surface area contributed by atoms with E-state index < -0.39 is 0 Å². The standard InChI is InChI=1S/C23H25N5O/c1-18(19-8-4-2-5-9-19)24-23(29)21-12-13-22(26-25-21)28-16-14-27(15-17-28)20-10-6-3-7-11-20/h2-13,18H,14-17H2,1H3,(H,24,29). The number of hydrogen-bond acceptors (Lipinski definition) is 5. The molecule has 0 bridgehead atoms. The number of carbonyl (C=O) groups excluding carboxylic acids is 1. The summed E-state index contributed by atoms with van der Waals surface area (Å²) in [4.78, 5) is 17.1. The van der Waals surface area contributed by atoms with Crippen molar-refractivity contribution in [2.45, 2.75) is 13.0 Å². The number of nitrogens with one attached hydrogen (secondary N) is 1. The van der Waals surface area contributed by atoms with Crippen LogP contribution < -0.4 is 15.1 Å². The summed E-state index contributed by atoms with van der Waals surface area (Å²) in [6.45, 7) is 5.58. The van der Waals surface area contributed by atoms with Crippen LogP contribution >= 0.6 is 0 Å². The highest BCUT2D eigenvalue weighted by atomic mass is 16.2. The van der Waals surface area contributed by atoms with Crippen LogP contribution in [0.25, 0.3) is 0 Å². The van der Waals surface area contributed by atoms with E-state index in [2.05, 4.69) is 49.6 Å². The first-order chi connectivity index (χ1) is 14.2. The third kappa shape index (κ3) is 4.54.